The Kier molecular flexibility index (Phi) is 4.75. The van der Waals surface area contributed by atoms with Crippen molar-refractivity contribution in [3.8, 4) is 0 Å². The average molecular weight is 318 g/mol. The van der Waals surface area contributed by atoms with Crippen LogP contribution >= 0.6 is 0 Å². The van der Waals surface area contributed by atoms with Crippen LogP contribution in [0.1, 0.15) is 39.4 Å². The molecule has 6 nitrogen and oxygen atoms in total. The molecule has 124 valence electrons. The van der Waals surface area contributed by atoms with E-state index in [1.807, 2.05) is 33.8 Å². The summed E-state index contributed by atoms with van der Waals surface area (Å²) in [4.78, 5) is 11.8. The van der Waals surface area contributed by atoms with E-state index in [0.29, 0.717) is 11.5 Å². The molecule has 1 unspecified atom stereocenters. The van der Waals surface area contributed by atoms with Crippen molar-refractivity contribution in [3.05, 3.63) is 47.9 Å². The Bertz CT molecular complexity index is 603. The molecule has 1 atom stereocenters. The van der Waals surface area contributed by atoms with Crippen molar-refractivity contribution in [2.24, 2.45) is 5.10 Å². The van der Waals surface area contributed by atoms with Gasteiger partial charge in [0.2, 0.25) is 0 Å². The van der Waals surface area contributed by atoms with Gasteiger partial charge in [0.25, 0.3) is 11.9 Å². The van der Waals surface area contributed by atoms with E-state index in [0.717, 1.165) is 0 Å². The first kappa shape index (κ1) is 17.0. The number of carbonyl (C=O) groups is 1. The number of aliphatic hydroxyl groups excluding tert-OH is 1. The van der Waals surface area contributed by atoms with E-state index in [2.05, 4.69) is 10.5 Å². The van der Waals surface area contributed by atoms with Gasteiger partial charge in [-0.2, -0.15) is 5.10 Å². The van der Waals surface area contributed by atoms with E-state index in [4.69, 9.17) is 9.47 Å². The van der Waals surface area contributed by atoms with Gasteiger partial charge in [0.05, 0.1) is 6.21 Å². The molecule has 0 aliphatic carbocycles. The summed E-state index contributed by atoms with van der Waals surface area (Å²) in [6.07, 6.45) is 1.60. The Morgan fingerprint density at radius 2 is 1.74 bits per heavy atom. The van der Waals surface area contributed by atoms with Crippen molar-refractivity contribution in [2.45, 2.75) is 45.0 Å². The highest BCUT2D eigenvalue weighted by atomic mass is 16.7. The van der Waals surface area contributed by atoms with E-state index < -0.39 is 23.2 Å². The maximum atomic E-state index is 11.8. The van der Waals surface area contributed by atoms with Gasteiger partial charge >= 0.3 is 0 Å². The normalized spacial score (nSPS) is 19.8. The van der Waals surface area contributed by atoms with Crippen LogP contribution in [-0.2, 0) is 14.3 Å². The fourth-order valence-electron chi connectivity index (χ4n) is 1.88. The number of carbonyl (C=O) groups excluding carboxylic acids is 1. The minimum atomic E-state index is -1.27. The van der Waals surface area contributed by atoms with Gasteiger partial charge in [-0.25, -0.2) is 5.43 Å². The molecule has 1 aliphatic heterocycles. The summed E-state index contributed by atoms with van der Waals surface area (Å²) >= 11 is 0. The Hall–Kier alpha value is -2.34. The van der Waals surface area contributed by atoms with Crippen LogP contribution in [0.5, 0.6) is 0 Å². The Labute approximate surface area is 135 Å². The lowest BCUT2D eigenvalue weighted by Gasteiger charge is -2.28. The van der Waals surface area contributed by atoms with Gasteiger partial charge in [-0.1, -0.05) is 30.3 Å². The van der Waals surface area contributed by atoms with Crippen molar-refractivity contribution < 1.29 is 19.4 Å². The molecule has 6 heteroatoms. The highest BCUT2D eigenvalue weighted by Crippen LogP contribution is 2.39. The van der Waals surface area contributed by atoms with Gasteiger partial charge in [0, 0.05) is 6.08 Å². The third-order valence-corrected chi connectivity index (χ3v) is 3.98. The van der Waals surface area contributed by atoms with Crippen LogP contribution in [0.15, 0.2) is 47.5 Å². The zero-order chi connectivity index (χ0) is 17.1. The number of benzene rings is 1. The van der Waals surface area contributed by atoms with Gasteiger partial charge in [-0.15, -0.1) is 0 Å². The summed E-state index contributed by atoms with van der Waals surface area (Å²) in [7, 11) is 0. The van der Waals surface area contributed by atoms with Gasteiger partial charge in [0.1, 0.15) is 11.2 Å². The topological polar surface area (TPSA) is 80.2 Å². The molecule has 1 amide bonds. The molecule has 1 heterocycles. The summed E-state index contributed by atoms with van der Waals surface area (Å²) in [6, 6.07) is 8.64. The molecule has 1 fully saturated rings. The van der Waals surface area contributed by atoms with Crippen molar-refractivity contribution >= 4 is 12.1 Å². The van der Waals surface area contributed by atoms with Crippen LogP contribution in [-0.4, -0.2) is 28.4 Å². The van der Waals surface area contributed by atoms with Gasteiger partial charge in [-0.05, 0) is 33.3 Å². The van der Waals surface area contributed by atoms with Gasteiger partial charge in [0.15, 0.2) is 6.10 Å². The van der Waals surface area contributed by atoms with Gasteiger partial charge in [-0.3, -0.25) is 4.79 Å². The second kappa shape index (κ2) is 6.42. The summed E-state index contributed by atoms with van der Waals surface area (Å²) < 4.78 is 11.3. The molecule has 2 N–H and O–H groups in total. The van der Waals surface area contributed by atoms with Crippen LogP contribution in [0, 0.1) is 0 Å². The third kappa shape index (κ3) is 3.90. The Morgan fingerprint density at radius 3 is 2.30 bits per heavy atom. The Morgan fingerprint density at radius 1 is 1.17 bits per heavy atom. The molecule has 2 rings (SSSR count). The first-order valence-electron chi connectivity index (χ1n) is 7.37. The minimum absolute atomic E-state index is 0.335. The molecule has 0 aromatic heterocycles. The minimum Gasteiger partial charge on any atom is -0.455 e. The van der Waals surface area contributed by atoms with E-state index in [1.165, 1.54) is 12.3 Å². The van der Waals surface area contributed by atoms with Crippen LogP contribution < -0.4 is 5.43 Å². The molecule has 0 spiro atoms. The number of hydrogen-bond donors (Lipinski definition) is 2. The zero-order valence-electron chi connectivity index (χ0n) is 13.7. The summed E-state index contributed by atoms with van der Waals surface area (Å²) in [6.45, 7) is 7.73. The smallest absolute Gasteiger partial charge is 0.282 e. The monoisotopic (exact) mass is 318 g/mol. The number of nitrogens with zero attached hydrogens (tertiary/aromatic N) is 1. The zero-order valence-corrected chi connectivity index (χ0v) is 13.7. The molecule has 1 aromatic rings. The molecule has 0 radical (unpaired) electrons. The summed E-state index contributed by atoms with van der Waals surface area (Å²) in [5, 5.41) is 13.6. The van der Waals surface area contributed by atoms with Crippen LogP contribution in [0.2, 0.25) is 0 Å². The number of ether oxygens (including phenoxy) is 2. The highest BCUT2D eigenvalue weighted by Gasteiger charge is 2.48. The molecule has 1 aromatic carbocycles. The number of allylic oxidation sites excluding steroid dienone is 1. The maximum absolute atomic E-state index is 11.8. The molecule has 0 saturated carbocycles. The fourth-order valence-corrected chi connectivity index (χ4v) is 1.88. The van der Waals surface area contributed by atoms with Crippen molar-refractivity contribution in [3.63, 3.8) is 0 Å². The maximum Gasteiger partial charge on any atom is 0.282 e. The van der Waals surface area contributed by atoms with E-state index >= 15 is 0 Å². The lowest BCUT2D eigenvalue weighted by atomic mass is 9.90. The largest absolute Gasteiger partial charge is 0.455 e. The number of hydrogen-bond acceptors (Lipinski definition) is 5. The van der Waals surface area contributed by atoms with E-state index in [1.54, 1.807) is 24.3 Å². The van der Waals surface area contributed by atoms with Crippen molar-refractivity contribution in [2.75, 3.05) is 0 Å². The van der Waals surface area contributed by atoms with E-state index in [-0.39, 0.29) is 0 Å². The number of aliphatic hydroxyl groups is 1. The lowest BCUT2D eigenvalue weighted by Crippen LogP contribution is -2.41. The number of rotatable bonds is 4. The molecule has 1 aliphatic rings. The number of amides is 1. The first-order chi connectivity index (χ1) is 10.7. The Balaban J connectivity index is 1.90. The van der Waals surface area contributed by atoms with E-state index in [9.17, 15) is 9.90 Å². The second-order valence-corrected chi connectivity index (χ2v) is 6.28. The molecule has 1 saturated heterocycles. The molecular weight excluding hydrogens is 296 g/mol. The predicted molar refractivity (Wildman–Crippen MR) is 86.4 cm³/mol. The fraction of sp³-hybridized carbons (Fsp3) is 0.412. The molecule has 0 bridgehead atoms. The second-order valence-electron chi connectivity index (χ2n) is 6.28. The standard InChI is InChI=1S/C17H22N2O4/c1-16(2)17(3,4)23-13(22-16)10-11-18-19-15(21)14(20)12-8-6-5-7-9-12/h5-11,14,20H,1-4H3,(H,19,21). The molecular formula is C17H22N2O4. The lowest BCUT2D eigenvalue weighted by molar-refractivity contribution is -0.129. The summed E-state index contributed by atoms with van der Waals surface area (Å²) in [5.41, 5.74) is 1.86. The number of hydrazone groups is 1. The SMILES string of the molecule is CC1(C)OC(=CC=NNC(=O)C(O)c2ccccc2)OC1(C)C. The quantitative estimate of drug-likeness (QED) is 0.659. The number of nitrogens with one attached hydrogen (secondary N) is 1. The predicted octanol–water partition coefficient (Wildman–Crippen LogP) is 2.27. The summed E-state index contributed by atoms with van der Waals surface area (Å²) in [5.74, 6) is -0.277. The average Bonchev–Trinajstić information content (AvgIpc) is 2.71. The van der Waals surface area contributed by atoms with Crippen LogP contribution in [0.25, 0.3) is 0 Å². The van der Waals surface area contributed by atoms with Gasteiger partial charge < -0.3 is 14.6 Å². The first-order valence-corrected chi connectivity index (χ1v) is 7.37. The highest BCUT2D eigenvalue weighted by molar-refractivity contribution is 5.83. The van der Waals surface area contributed by atoms with Crippen molar-refractivity contribution in [1.29, 1.82) is 0 Å². The van der Waals surface area contributed by atoms with Crippen LogP contribution in [0.4, 0.5) is 0 Å². The third-order valence-electron chi connectivity index (χ3n) is 3.98. The van der Waals surface area contributed by atoms with Crippen LogP contribution in [0.3, 0.4) is 0 Å². The molecule has 23 heavy (non-hydrogen) atoms. The van der Waals surface area contributed by atoms with Crippen molar-refractivity contribution in [1.82, 2.24) is 5.43 Å².